The molecule has 0 saturated heterocycles. The van der Waals surface area contributed by atoms with Crippen molar-refractivity contribution in [2.75, 3.05) is 0 Å². The predicted molar refractivity (Wildman–Crippen MR) is 61.6 cm³/mol. The van der Waals surface area contributed by atoms with Crippen LogP contribution in [-0.2, 0) is 6.42 Å². The molecule has 1 aromatic carbocycles. The first-order chi connectivity index (χ1) is 8.56. The van der Waals surface area contributed by atoms with E-state index in [4.69, 9.17) is 9.52 Å². The van der Waals surface area contributed by atoms with E-state index in [1.54, 1.807) is 18.2 Å². The number of carboxylic acids is 1. The molecule has 0 fully saturated rings. The van der Waals surface area contributed by atoms with E-state index in [9.17, 15) is 14.9 Å². The van der Waals surface area contributed by atoms with Crippen molar-refractivity contribution < 1.29 is 19.2 Å². The van der Waals surface area contributed by atoms with Crippen LogP contribution in [0.3, 0.4) is 0 Å². The van der Waals surface area contributed by atoms with Crippen molar-refractivity contribution in [3.8, 4) is 0 Å². The Morgan fingerprint density at radius 2 is 1.89 bits per heavy atom. The zero-order chi connectivity index (χ0) is 13.1. The van der Waals surface area contributed by atoms with Crippen molar-refractivity contribution >= 4 is 11.7 Å². The molecule has 18 heavy (non-hydrogen) atoms. The first kappa shape index (κ1) is 11.8. The Balaban J connectivity index is 2.13. The summed E-state index contributed by atoms with van der Waals surface area (Å²) in [6, 6.07) is 8.98. The van der Waals surface area contributed by atoms with Crippen molar-refractivity contribution in [2.24, 2.45) is 0 Å². The van der Waals surface area contributed by atoms with Crippen molar-refractivity contribution in [3.05, 3.63) is 63.6 Å². The average molecular weight is 247 g/mol. The molecule has 0 saturated carbocycles. The molecule has 6 heteroatoms. The summed E-state index contributed by atoms with van der Waals surface area (Å²) in [7, 11) is 0. The van der Waals surface area contributed by atoms with Gasteiger partial charge >= 0.3 is 5.97 Å². The summed E-state index contributed by atoms with van der Waals surface area (Å²) in [6.07, 6.45) is 0.394. The SMILES string of the molecule is O=C(O)c1ccc(Cc2ccc([N+](=O)[O-])cc2)o1. The highest BCUT2D eigenvalue weighted by atomic mass is 16.6. The van der Waals surface area contributed by atoms with Gasteiger partial charge in [0.2, 0.25) is 5.76 Å². The second kappa shape index (κ2) is 4.70. The third kappa shape index (κ3) is 2.54. The Morgan fingerprint density at radius 3 is 2.39 bits per heavy atom. The number of hydrogen-bond donors (Lipinski definition) is 1. The molecule has 1 aromatic heterocycles. The van der Waals surface area contributed by atoms with Crippen molar-refractivity contribution in [3.63, 3.8) is 0 Å². The van der Waals surface area contributed by atoms with Crippen LogP contribution in [0.2, 0.25) is 0 Å². The summed E-state index contributed by atoms with van der Waals surface area (Å²) in [4.78, 5) is 20.6. The molecule has 1 heterocycles. The summed E-state index contributed by atoms with van der Waals surface area (Å²) in [5, 5.41) is 19.2. The number of hydrogen-bond acceptors (Lipinski definition) is 4. The molecule has 0 spiro atoms. The number of nitro benzene ring substituents is 1. The molecule has 2 aromatic rings. The number of non-ortho nitro benzene ring substituents is 1. The van der Waals surface area contributed by atoms with Gasteiger partial charge in [-0.15, -0.1) is 0 Å². The molecule has 0 atom stereocenters. The smallest absolute Gasteiger partial charge is 0.371 e. The highest BCUT2D eigenvalue weighted by molar-refractivity contribution is 5.84. The molecule has 1 N–H and O–H groups in total. The summed E-state index contributed by atoms with van der Waals surface area (Å²) in [6.45, 7) is 0. The van der Waals surface area contributed by atoms with E-state index in [0.717, 1.165) is 5.56 Å². The van der Waals surface area contributed by atoms with Crippen LogP contribution in [0.5, 0.6) is 0 Å². The number of aromatic carboxylic acids is 1. The number of nitrogens with zero attached hydrogens (tertiary/aromatic N) is 1. The summed E-state index contributed by atoms with van der Waals surface area (Å²) in [5.41, 5.74) is 0.830. The van der Waals surface area contributed by atoms with Gasteiger partial charge in [-0.2, -0.15) is 0 Å². The number of carboxylic acid groups (broad SMARTS) is 1. The van der Waals surface area contributed by atoms with Gasteiger partial charge in [0.1, 0.15) is 5.76 Å². The molecule has 0 radical (unpaired) electrons. The zero-order valence-corrected chi connectivity index (χ0v) is 9.20. The minimum absolute atomic E-state index is 0.0180. The maximum absolute atomic E-state index is 10.6. The van der Waals surface area contributed by atoms with Gasteiger partial charge in [0, 0.05) is 18.6 Å². The molecule has 0 aliphatic rings. The molecule has 92 valence electrons. The summed E-state index contributed by atoms with van der Waals surface area (Å²) in [5.74, 6) is -0.738. The maximum Gasteiger partial charge on any atom is 0.371 e. The quantitative estimate of drug-likeness (QED) is 0.661. The number of benzene rings is 1. The van der Waals surface area contributed by atoms with E-state index >= 15 is 0 Å². The maximum atomic E-state index is 10.6. The van der Waals surface area contributed by atoms with Crippen LogP contribution in [0.25, 0.3) is 0 Å². The normalized spacial score (nSPS) is 10.2. The topological polar surface area (TPSA) is 93.6 Å². The molecule has 0 unspecified atom stereocenters. The van der Waals surface area contributed by atoms with Crippen LogP contribution in [0.15, 0.2) is 40.8 Å². The lowest BCUT2D eigenvalue weighted by Crippen LogP contribution is -1.92. The molecule has 2 rings (SSSR count). The van der Waals surface area contributed by atoms with Gasteiger partial charge in [0.05, 0.1) is 4.92 Å². The first-order valence-electron chi connectivity index (χ1n) is 5.11. The van der Waals surface area contributed by atoms with E-state index in [1.165, 1.54) is 18.2 Å². The monoisotopic (exact) mass is 247 g/mol. The van der Waals surface area contributed by atoms with E-state index in [0.29, 0.717) is 12.2 Å². The van der Waals surface area contributed by atoms with Crippen molar-refractivity contribution in [1.29, 1.82) is 0 Å². The third-order valence-electron chi connectivity index (χ3n) is 2.40. The van der Waals surface area contributed by atoms with Gasteiger partial charge in [-0.3, -0.25) is 10.1 Å². The third-order valence-corrected chi connectivity index (χ3v) is 2.40. The van der Waals surface area contributed by atoms with Gasteiger partial charge < -0.3 is 9.52 Å². The van der Waals surface area contributed by atoms with Crippen molar-refractivity contribution in [1.82, 2.24) is 0 Å². The van der Waals surface area contributed by atoms with Crippen LogP contribution in [0.1, 0.15) is 21.9 Å². The number of rotatable bonds is 4. The molecule has 0 aliphatic heterocycles. The zero-order valence-electron chi connectivity index (χ0n) is 9.20. The van der Waals surface area contributed by atoms with Gasteiger partial charge in [0.15, 0.2) is 0 Å². The minimum atomic E-state index is -1.12. The summed E-state index contributed by atoms with van der Waals surface area (Å²) < 4.78 is 5.09. The van der Waals surface area contributed by atoms with Crippen LogP contribution >= 0.6 is 0 Å². The van der Waals surface area contributed by atoms with E-state index in [-0.39, 0.29) is 11.4 Å². The van der Waals surface area contributed by atoms with Crippen LogP contribution < -0.4 is 0 Å². The Morgan fingerprint density at radius 1 is 1.22 bits per heavy atom. The van der Waals surface area contributed by atoms with E-state index in [1.807, 2.05) is 0 Å². The minimum Gasteiger partial charge on any atom is -0.475 e. The van der Waals surface area contributed by atoms with Gasteiger partial charge in [-0.25, -0.2) is 4.79 Å². The molecule has 0 amide bonds. The van der Waals surface area contributed by atoms with Gasteiger partial charge in [0.25, 0.3) is 5.69 Å². The fourth-order valence-corrected chi connectivity index (χ4v) is 1.52. The number of nitro groups is 1. The van der Waals surface area contributed by atoms with E-state index < -0.39 is 10.9 Å². The second-order valence-electron chi connectivity index (χ2n) is 3.67. The largest absolute Gasteiger partial charge is 0.475 e. The Labute approximate surface area is 102 Å². The molecule has 0 aliphatic carbocycles. The van der Waals surface area contributed by atoms with E-state index in [2.05, 4.69) is 0 Å². The Bertz CT molecular complexity index is 585. The molecular weight excluding hydrogens is 238 g/mol. The second-order valence-corrected chi connectivity index (χ2v) is 3.67. The standard InChI is InChI=1S/C12H9NO5/c14-12(15)11-6-5-10(18-11)7-8-1-3-9(4-2-8)13(16)17/h1-6H,7H2,(H,14,15). The Hall–Kier alpha value is -2.63. The predicted octanol–water partition coefficient (Wildman–Crippen LogP) is 2.48. The summed E-state index contributed by atoms with van der Waals surface area (Å²) >= 11 is 0. The highest BCUT2D eigenvalue weighted by Crippen LogP contribution is 2.16. The number of carbonyl (C=O) groups is 1. The Kier molecular flexibility index (Phi) is 3.09. The lowest BCUT2D eigenvalue weighted by Gasteiger charge is -1.98. The van der Waals surface area contributed by atoms with Crippen LogP contribution in [0, 0.1) is 10.1 Å². The van der Waals surface area contributed by atoms with Gasteiger partial charge in [-0.05, 0) is 17.7 Å². The lowest BCUT2D eigenvalue weighted by atomic mass is 10.1. The highest BCUT2D eigenvalue weighted by Gasteiger charge is 2.10. The fourth-order valence-electron chi connectivity index (χ4n) is 1.52. The molecule has 6 nitrogen and oxygen atoms in total. The lowest BCUT2D eigenvalue weighted by molar-refractivity contribution is -0.384. The molecular formula is C12H9NO5. The van der Waals surface area contributed by atoms with Crippen LogP contribution in [0.4, 0.5) is 5.69 Å². The average Bonchev–Trinajstić information content (AvgIpc) is 2.78. The van der Waals surface area contributed by atoms with Gasteiger partial charge in [-0.1, -0.05) is 12.1 Å². The number of furan rings is 1. The fraction of sp³-hybridized carbons (Fsp3) is 0.0833. The first-order valence-corrected chi connectivity index (χ1v) is 5.11. The van der Waals surface area contributed by atoms with Crippen LogP contribution in [-0.4, -0.2) is 16.0 Å². The molecule has 0 bridgehead atoms. The van der Waals surface area contributed by atoms with Crippen molar-refractivity contribution in [2.45, 2.75) is 6.42 Å².